The number of ketones is 1. The van der Waals surface area contributed by atoms with E-state index in [1.54, 1.807) is 0 Å². The van der Waals surface area contributed by atoms with Crippen LogP contribution in [0.1, 0.15) is 87.0 Å². The van der Waals surface area contributed by atoms with Crippen LogP contribution in [0.5, 0.6) is 0 Å². The Morgan fingerprint density at radius 2 is 1.72 bits per heavy atom. The third-order valence-electron chi connectivity index (χ3n) is 6.56. The van der Waals surface area contributed by atoms with Crippen molar-refractivity contribution in [2.45, 2.75) is 91.1 Å². The zero-order valence-corrected chi connectivity index (χ0v) is 18.3. The molecule has 1 aliphatic heterocycles. The molecule has 6 heteroatoms. The lowest BCUT2D eigenvalue weighted by atomic mass is 9.84. The first-order valence-electron chi connectivity index (χ1n) is 11.1. The summed E-state index contributed by atoms with van der Waals surface area (Å²) in [6.45, 7) is 9.01. The first-order chi connectivity index (χ1) is 13.7. The van der Waals surface area contributed by atoms with E-state index in [1.807, 2.05) is 19.9 Å². The smallest absolute Gasteiger partial charge is 0.325 e. The highest BCUT2D eigenvalue weighted by Crippen LogP contribution is 2.32. The fourth-order valence-electron chi connectivity index (χ4n) is 4.71. The summed E-state index contributed by atoms with van der Waals surface area (Å²) in [6.07, 6.45) is 7.62. The van der Waals surface area contributed by atoms with Gasteiger partial charge < -0.3 is 9.88 Å². The monoisotopic (exact) mass is 401 g/mol. The number of hydrogen-bond acceptors (Lipinski definition) is 3. The van der Waals surface area contributed by atoms with Crippen LogP contribution in [0.3, 0.4) is 0 Å². The minimum absolute atomic E-state index is 0.166. The van der Waals surface area contributed by atoms with E-state index in [0.29, 0.717) is 24.3 Å². The van der Waals surface area contributed by atoms with Gasteiger partial charge in [-0.25, -0.2) is 4.79 Å². The fraction of sp³-hybridized carbons (Fsp3) is 0.696. The maximum Gasteiger partial charge on any atom is 0.325 e. The van der Waals surface area contributed by atoms with Crippen LogP contribution < -0.4 is 5.32 Å². The molecule has 29 heavy (non-hydrogen) atoms. The van der Waals surface area contributed by atoms with E-state index in [1.165, 1.54) is 6.42 Å². The van der Waals surface area contributed by atoms with Crippen LogP contribution in [0.15, 0.2) is 6.07 Å². The van der Waals surface area contributed by atoms with E-state index in [0.717, 1.165) is 54.9 Å². The number of aryl methyl sites for hydroxylation is 1. The minimum Gasteiger partial charge on any atom is -0.348 e. The Labute approximate surface area is 174 Å². The lowest BCUT2D eigenvalue weighted by Crippen LogP contribution is -2.47. The second-order valence-corrected chi connectivity index (χ2v) is 9.21. The molecule has 160 valence electrons. The highest BCUT2D eigenvalue weighted by Gasteiger charge is 2.50. The number of urea groups is 1. The molecule has 1 saturated carbocycles. The highest BCUT2D eigenvalue weighted by molar-refractivity contribution is 6.11. The van der Waals surface area contributed by atoms with Crippen molar-refractivity contribution in [1.82, 2.24) is 14.8 Å². The zero-order chi connectivity index (χ0) is 21.2. The second kappa shape index (κ2) is 8.72. The number of carbonyl (C=O) groups is 3. The van der Waals surface area contributed by atoms with E-state index in [4.69, 9.17) is 0 Å². The van der Waals surface area contributed by atoms with Crippen LogP contribution in [0, 0.1) is 19.8 Å². The molecule has 2 heterocycles. The molecule has 1 N–H and O–H groups in total. The van der Waals surface area contributed by atoms with Gasteiger partial charge in [0.15, 0.2) is 5.78 Å². The van der Waals surface area contributed by atoms with Crippen LogP contribution >= 0.6 is 0 Å². The van der Waals surface area contributed by atoms with Crippen molar-refractivity contribution < 1.29 is 14.4 Å². The molecule has 0 aromatic carbocycles. The SMILES string of the molecule is Cc1cc(C(=O)CN2C(=O)NC3(CCCCCCC3)C2=O)c(C)n1CCC(C)C. The summed E-state index contributed by atoms with van der Waals surface area (Å²) in [5.74, 6) is 0.202. The first-order valence-corrected chi connectivity index (χ1v) is 11.1. The van der Waals surface area contributed by atoms with E-state index < -0.39 is 11.6 Å². The molecule has 6 nitrogen and oxygen atoms in total. The Bertz CT molecular complexity index is 786. The van der Waals surface area contributed by atoms with Gasteiger partial charge in [-0.1, -0.05) is 46.0 Å². The third-order valence-corrected chi connectivity index (χ3v) is 6.56. The van der Waals surface area contributed by atoms with Crippen molar-refractivity contribution >= 4 is 17.7 Å². The molecule has 3 amide bonds. The molecular formula is C23H35N3O3. The molecular weight excluding hydrogens is 366 g/mol. The number of aromatic nitrogens is 1. The summed E-state index contributed by atoms with van der Waals surface area (Å²) in [6, 6.07) is 1.47. The summed E-state index contributed by atoms with van der Waals surface area (Å²) in [7, 11) is 0. The molecule has 1 saturated heterocycles. The number of amides is 3. The van der Waals surface area contributed by atoms with E-state index in [9.17, 15) is 14.4 Å². The predicted octanol–water partition coefficient (Wildman–Crippen LogP) is 4.37. The minimum atomic E-state index is -0.800. The first kappa shape index (κ1) is 21.6. The van der Waals surface area contributed by atoms with Crippen LogP contribution in [0.25, 0.3) is 0 Å². The summed E-state index contributed by atoms with van der Waals surface area (Å²) < 4.78 is 2.16. The van der Waals surface area contributed by atoms with Crippen LogP contribution in [0.4, 0.5) is 4.79 Å². The summed E-state index contributed by atoms with van der Waals surface area (Å²) in [5, 5.41) is 2.94. The van der Waals surface area contributed by atoms with Crippen molar-refractivity contribution in [2.24, 2.45) is 5.92 Å². The number of carbonyl (C=O) groups excluding carboxylic acids is 3. The summed E-state index contributed by atoms with van der Waals surface area (Å²) in [4.78, 5) is 39.9. The lowest BCUT2D eigenvalue weighted by Gasteiger charge is -2.28. The summed E-state index contributed by atoms with van der Waals surface area (Å²) >= 11 is 0. The lowest BCUT2D eigenvalue weighted by molar-refractivity contribution is -0.131. The van der Waals surface area contributed by atoms with Crippen molar-refractivity contribution in [3.63, 3.8) is 0 Å². The molecule has 2 aliphatic rings. The van der Waals surface area contributed by atoms with E-state index >= 15 is 0 Å². The average molecular weight is 402 g/mol. The number of nitrogens with zero attached hydrogens (tertiary/aromatic N) is 2. The molecule has 3 rings (SSSR count). The van der Waals surface area contributed by atoms with Gasteiger partial charge in [0.1, 0.15) is 5.54 Å². The largest absolute Gasteiger partial charge is 0.348 e. The van der Waals surface area contributed by atoms with Crippen LogP contribution in [-0.4, -0.2) is 39.3 Å². The normalized spacial score (nSPS) is 19.6. The number of rotatable bonds is 6. The Hall–Kier alpha value is -2.11. The highest BCUT2D eigenvalue weighted by atomic mass is 16.2. The summed E-state index contributed by atoms with van der Waals surface area (Å²) in [5.41, 5.74) is 1.78. The number of hydrogen-bond donors (Lipinski definition) is 1. The zero-order valence-electron chi connectivity index (χ0n) is 18.3. The van der Waals surface area contributed by atoms with Gasteiger partial charge in [0.25, 0.3) is 5.91 Å². The van der Waals surface area contributed by atoms with Crippen molar-refractivity contribution in [1.29, 1.82) is 0 Å². The Morgan fingerprint density at radius 3 is 2.34 bits per heavy atom. The van der Waals surface area contributed by atoms with Crippen LogP contribution in [0.2, 0.25) is 0 Å². The Kier molecular flexibility index (Phi) is 6.49. The molecule has 1 aromatic rings. The molecule has 2 fully saturated rings. The molecule has 0 radical (unpaired) electrons. The predicted molar refractivity (Wildman–Crippen MR) is 113 cm³/mol. The molecule has 0 unspecified atom stereocenters. The van der Waals surface area contributed by atoms with Gasteiger partial charge in [-0.05, 0) is 45.1 Å². The maximum atomic E-state index is 13.1. The number of Topliss-reactive ketones (excluding diaryl/α,β-unsaturated/α-hetero) is 1. The van der Waals surface area contributed by atoms with Gasteiger partial charge >= 0.3 is 6.03 Å². The maximum absolute atomic E-state index is 13.1. The fourth-order valence-corrected chi connectivity index (χ4v) is 4.71. The van der Waals surface area contributed by atoms with Gasteiger partial charge in [0.05, 0.1) is 6.54 Å². The Balaban J connectivity index is 1.74. The second-order valence-electron chi connectivity index (χ2n) is 9.21. The van der Waals surface area contributed by atoms with E-state index in [-0.39, 0.29) is 18.2 Å². The standard InChI is InChI=1S/C23H35N3O3/c1-16(2)10-13-25-17(3)14-19(18(25)4)20(27)15-26-21(28)23(24-22(26)29)11-8-6-5-7-9-12-23/h14,16H,5-13,15H2,1-4H3,(H,24,29). The van der Waals surface area contributed by atoms with Crippen molar-refractivity contribution in [3.8, 4) is 0 Å². The van der Waals surface area contributed by atoms with E-state index in [2.05, 4.69) is 23.7 Å². The molecule has 0 atom stereocenters. The molecule has 0 bridgehead atoms. The topological polar surface area (TPSA) is 71.4 Å². The molecule has 1 aromatic heterocycles. The van der Waals surface area contributed by atoms with Gasteiger partial charge in [-0.15, -0.1) is 0 Å². The van der Waals surface area contributed by atoms with Gasteiger partial charge in [-0.3, -0.25) is 14.5 Å². The Morgan fingerprint density at radius 1 is 1.10 bits per heavy atom. The average Bonchev–Trinajstić information content (AvgIpc) is 3.05. The third kappa shape index (κ3) is 4.41. The van der Waals surface area contributed by atoms with Gasteiger partial charge in [0.2, 0.25) is 0 Å². The number of imide groups is 1. The van der Waals surface area contributed by atoms with Crippen molar-refractivity contribution in [3.05, 3.63) is 23.0 Å². The molecule has 1 spiro atoms. The van der Waals surface area contributed by atoms with Gasteiger partial charge in [-0.2, -0.15) is 0 Å². The van der Waals surface area contributed by atoms with Crippen molar-refractivity contribution in [2.75, 3.05) is 6.54 Å². The molecule has 1 aliphatic carbocycles. The van der Waals surface area contributed by atoms with Crippen LogP contribution in [-0.2, 0) is 11.3 Å². The number of nitrogens with one attached hydrogen (secondary N) is 1. The quantitative estimate of drug-likeness (QED) is 0.568. The van der Waals surface area contributed by atoms with Gasteiger partial charge in [0, 0.05) is 23.5 Å².